The van der Waals surface area contributed by atoms with Crippen molar-refractivity contribution in [3.05, 3.63) is 23.5 Å². The fraction of sp³-hybridized carbons (Fsp3) is 0.571. The van der Waals surface area contributed by atoms with Crippen LogP contribution >= 0.6 is 11.6 Å². The molecule has 0 bridgehead atoms. The van der Waals surface area contributed by atoms with Crippen molar-refractivity contribution in [1.29, 1.82) is 0 Å². The van der Waals surface area contributed by atoms with E-state index in [-0.39, 0.29) is 29.8 Å². The first-order valence-corrected chi connectivity index (χ1v) is 7.30. The van der Waals surface area contributed by atoms with Gasteiger partial charge in [-0.2, -0.15) is 0 Å². The largest absolute Gasteiger partial charge is 0.392 e. The van der Waals surface area contributed by atoms with Gasteiger partial charge in [0, 0.05) is 25.3 Å². The lowest BCUT2D eigenvalue weighted by atomic mass is 10.2. The van der Waals surface area contributed by atoms with E-state index in [4.69, 9.17) is 11.6 Å². The molecule has 6 nitrogen and oxygen atoms in total. The number of rotatable bonds is 5. The number of likely N-dealkylation sites (N-methyl/N-ethyl adjacent to an activating group) is 1. The predicted octanol–water partition coefficient (Wildman–Crippen LogP) is 0.670. The summed E-state index contributed by atoms with van der Waals surface area (Å²) in [6.07, 6.45) is 1.89. The molecular formula is C14H21ClN4O2. The molecule has 7 heteroatoms. The topological polar surface area (TPSA) is 68.7 Å². The van der Waals surface area contributed by atoms with Gasteiger partial charge in [-0.25, -0.2) is 4.98 Å². The number of hydrogen-bond acceptors (Lipinski definition) is 5. The van der Waals surface area contributed by atoms with Crippen LogP contribution in [-0.4, -0.2) is 71.7 Å². The summed E-state index contributed by atoms with van der Waals surface area (Å²) in [6.45, 7) is 1.57. The van der Waals surface area contributed by atoms with E-state index in [9.17, 15) is 9.90 Å². The number of hydrogen-bond donors (Lipinski definition) is 2. The molecule has 2 atom stereocenters. The number of pyridine rings is 1. The van der Waals surface area contributed by atoms with E-state index >= 15 is 0 Å². The van der Waals surface area contributed by atoms with Gasteiger partial charge in [0.2, 0.25) is 5.91 Å². The minimum absolute atomic E-state index is 0.150. The number of carbonyl (C=O) groups excluding carboxylic acids is 1. The van der Waals surface area contributed by atoms with Crippen molar-refractivity contribution in [3.8, 4) is 0 Å². The van der Waals surface area contributed by atoms with Crippen molar-refractivity contribution in [3.63, 3.8) is 0 Å². The van der Waals surface area contributed by atoms with Crippen molar-refractivity contribution in [2.75, 3.05) is 39.0 Å². The molecule has 0 aliphatic carbocycles. The number of aliphatic hydroxyl groups is 1. The van der Waals surface area contributed by atoms with Crippen molar-refractivity contribution in [2.45, 2.75) is 18.6 Å². The summed E-state index contributed by atoms with van der Waals surface area (Å²) in [5.74, 6) is -0.150. The Bertz CT molecular complexity index is 498. The van der Waals surface area contributed by atoms with Gasteiger partial charge >= 0.3 is 0 Å². The Morgan fingerprint density at radius 3 is 3.05 bits per heavy atom. The number of β-amino-alcohol motifs (C(OH)–C–C–N with tert-alkyl or cyclic N) is 1. The van der Waals surface area contributed by atoms with Crippen LogP contribution in [0.4, 0.5) is 5.69 Å². The van der Waals surface area contributed by atoms with Crippen LogP contribution in [0, 0.1) is 0 Å². The Kier molecular flexibility index (Phi) is 5.52. The Morgan fingerprint density at radius 1 is 1.62 bits per heavy atom. The van der Waals surface area contributed by atoms with Crippen LogP contribution in [-0.2, 0) is 4.79 Å². The van der Waals surface area contributed by atoms with Gasteiger partial charge in [0.15, 0.2) is 5.15 Å². The molecule has 2 heterocycles. The monoisotopic (exact) mass is 312 g/mol. The van der Waals surface area contributed by atoms with Crippen LogP contribution in [0.3, 0.4) is 0 Å². The van der Waals surface area contributed by atoms with Gasteiger partial charge in [-0.1, -0.05) is 11.6 Å². The molecule has 2 unspecified atom stereocenters. The fourth-order valence-electron chi connectivity index (χ4n) is 2.62. The number of carbonyl (C=O) groups is 1. The van der Waals surface area contributed by atoms with Crippen molar-refractivity contribution < 1.29 is 9.90 Å². The summed E-state index contributed by atoms with van der Waals surface area (Å²) in [7, 11) is 3.97. The Morgan fingerprint density at radius 2 is 2.38 bits per heavy atom. The summed E-state index contributed by atoms with van der Waals surface area (Å²) in [6, 6.07) is 3.62. The second-order valence-electron chi connectivity index (χ2n) is 5.62. The van der Waals surface area contributed by atoms with Crippen LogP contribution in [0.25, 0.3) is 0 Å². The van der Waals surface area contributed by atoms with Gasteiger partial charge in [0.1, 0.15) is 0 Å². The highest BCUT2D eigenvalue weighted by Crippen LogP contribution is 2.20. The maximum atomic E-state index is 12.1. The molecule has 21 heavy (non-hydrogen) atoms. The second-order valence-corrected chi connectivity index (χ2v) is 5.98. The molecule has 1 aliphatic rings. The lowest BCUT2D eigenvalue weighted by Gasteiger charge is -2.26. The van der Waals surface area contributed by atoms with Crippen LogP contribution in [0.5, 0.6) is 0 Å². The zero-order valence-corrected chi connectivity index (χ0v) is 13.0. The highest BCUT2D eigenvalue weighted by molar-refractivity contribution is 6.32. The smallest absolute Gasteiger partial charge is 0.238 e. The van der Waals surface area contributed by atoms with E-state index < -0.39 is 0 Å². The van der Waals surface area contributed by atoms with Crippen molar-refractivity contribution in [2.24, 2.45) is 0 Å². The van der Waals surface area contributed by atoms with E-state index in [1.54, 1.807) is 18.3 Å². The third kappa shape index (κ3) is 4.64. The molecule has 2 rings (SSSR count). The van der Waals surface area contributed by atoms with E-state index in [0.29, 0.717) is 18.7 Å². The van der Waals surface area contributed by atoms with Gasteiger partial charge in [-0.05, 0) is 32.6 Å². The standard InChI is InChI=1S/C14H21ClN4O2/c1-18(2)7-10-6-11(20)8-19(10)9-13(21)17-12-4-3-5-16-14(12)15/h3-5,10-11,20H,6-9H2,1-2H3,(H,17,21). The molecule has 1 aromatic rings. The third-order valence-corrected chi connectivity index (χ3v) is 3.76. The molecule has 1 aromatic heterocycles. The van der Waals surface area contributed by atoms with Gasteiger partial charge in [-0.3, -0.25) is 9.69 Å². The van der Waals surface area contributed by atoms with Gasteiger partial charge in [0.25, 0.3) is 0 Å². The normalized spacial score (nSPS) is 22.7. The first-order valence-electron chi connectivity index (χ1n) is 6.93. The number of nitrogens with zero attached hydrogens (tertiary/aromatic N) is 3. The summed E-state index contributed by atoms with van der Waals surface area (Å²) in [5, 5.41) is 12.8. The van der Waals surface area contributed by atoms with Gasteiger partial charge < -0.3 is 15.3 Å². The molecule has 116 valence electrons. The molecule has 0 radical (unpaired) electrons. The number of nitrogens with one attached hydrogen (secondary N) is 1. The number of halogens is 1. The van der Waals surface area contributed by atoms with Gasteiger partial charge in [0.05, 0.1) is 18.3 Å². The lowest BCUT2D eigenvalue weighted by Crippen LogP contribution is -2.41. The molecule has 1 amide bonds. The predicted molar refractivity (Wildman–Crippen MR) is 82.4 cm³/mol. The third-order valence-electron chi connectivity index (χ3n) is 3.46. The van der Waals surface area contributed by atoms with Crippen LogP contribution in [0.1, 0.15) is 6.42 Å². The quantitative estimate of drug-likeness (QED) is 0.782. The molecule has 0 spiro atoms. The summed E-state index contributed by atoms with van der Waals surface area (Å²) < 4.78 is 0. The Hall–Kier alpha value is -1.21. The minimum atomic E-state index is -0.371. The van der Waals surface area contributed by atoms with Gasteiger partial charge in [-0.15, -0.1) is 0 Å². The maximum absolute atomic E-state index is 12.1. The first kappa shape index (κ1) is 16.2. The first-order chi connectivity index (χ1) is 9.95. The number of anilines is 1. The minimum Gasteiger partial charge on any atom is -0.392 e. The van der Waals surface area contributed by atoms with E-state index in [0.717, 1.165) is 6.54 Å². The Labute approximate surface area is 129 Å². The molecule has 1 aliphatic heterocycles. The zero-order chi connectivity index (χ0) is 15.4. The average Bonchev–Trinajstić information content (AvgIpc) is 2.71. The number of amides is 1. The number of likely N-dealkylation sites (tertiary alicyclic amines) is 1. The summed E-state index contributed by atoms with van der Waals surface area (Å²) in [4.78, 5) is 20.1. The SMILES string of the molecule is CN(C)CC1CC(O)CN1CC(=O)Nc1cccnc1Cl. The van der Waals surface area contributed by atoms with Crippen molar-refractivity contribution >= 4 is 23.2 Å². The van der Waals surface area contributed by atoms with E-state index in [2.05, 4.69) is 15.2 Å². The molecule has 1 saturated heterocycles. The highest BCUT2D eigenvalue weighted by Gasteiger charge is 2.32. The van der Waals surface area contributed by atoms with Crippen LogP contribution < -0.4 is 5.32 Å². The lowest BCUT2D eigenvalue weighted by molar-refractivity contribution is -0.117. The maximum Gasteiger partial charge on any atom is 0.238 e. The Balaban J connectivity index is 1.93. The zero-order valence-electron chi connectivity index (χ0n) is 12.3. The van der Waals surface area contributed by atoms with Crippen molar-refractivity contribution in [1.82, 2.24) is 14.8 Å². The summed E-state index contributed by atoms with van der Waals surface area (Å²) in [5.41, 5.74) is 0.507. The van der Waals surface area contributed by atoms with Crippen LogP contribution in [0.15, 0.2) is 18.3 Å². The number of aromatic nitrogens is 1. The average molecular weight is 313 g/mol. The molecular weight excluding hydrogens is 292 g/mol. The summed E-state index contributed by atoms with van der Waals surface area (Å²) >= 11 is 5.92. The van der Waals surface area contributed by atoms with E-state index in [1.807, 2.05) is 19.0 Å². The molecule has 0 saturated carbocycles. The van der Waals surface area contributed by atoms with E-state index in [1.165, 1.54) is 0 Å². The molecule has 1 fully saturated rings. The molecule has 2 N–H and O–H groups in total. The number of aliphatic hydroxyl groups excluding tert-OH is 1. The highest BCUT2D eigenvalue weighted by atomic mass is 35.5. The second kappa shape index (κ2) is 7.17. The fourth-order valence-corrected chi connectivity index (χ4v) is 2.78. The molecule has 0 aromatic carbocycles. The van der Waals surface area contributed by atoms with Crippen LogP contribution in [0.2, 0.25) is 5.15 Å².